The maximum absolute atomic E-state index is 5.93. The Morgan fingerprint density at radius 1 is 1.60 bits per heavy atom. The minimum absolute atomic E-state index is 0.0229. The highest BCUT2D eigenvalue weighted by atomic mass is 79.9. The first-order chi connectivity index (χ1) is 6.83. The molecule has 0 saturated heterocycles. The van der Waals surface area contributed by atoms with E-state index < -0.39 is 0 Å². The van der Waals surface area contributed by atoms with E-state index in [2.05, 4.69) is 41.7 Å². The minimum Gasteiger partial charge on any atom is -0.383 e. The van der Waals surface area contributed by atoms with E-state index in [-0.39, 0.29) is 5.41 Å². The van der Waals surface area contributed by atoms with E-state index in [1.54, 1.807) is 6.20 Å². The predicted molar refractivity (Wildman–Crippen MR) is 69.7 cm³/mol. The van der Waals surface area contributed by atoms with Crippen LogP contribution in [-0.2, 0) is 5.41 Å². The van der Waals surface area contributed by atoms with Crippen LogP contribution in [0.1, 0.15) is 32.8 Å². The van der Waals surface area contributed by atoms with Gasteiger partial charge in [-0.1, -0.05) is 48.3 Å². The van der Waals surface area contributed by atoms with Gasteiger partial charge < -0.3 is 5.73 Å². The van der Waals surface area contributed by atoms with Crippen LogP contribution in [0.15, 0.2) is 12.3 Å². The number of alkyl halides is 1. The van der Waals surface area contributed by atoms with Crippen molar-refractivity contribution in [2.24, 2.45) is 0 Å². The van der Waals surface area contributed by atoms with E-state index >= 15 is 0 Å². The largest absolute Gasteiger partial charge is 0.383 e. The molecule has 1 aromatic heterocycles. The van der Waals surface area contributed by atoms with Gasteiger partial charge in [-0.3, -0.25) is 0 Å². The summed E-state index contributed by atoms with van der Waals surface area (Å²) in [5.74, 6) is 0.567. The number of aromatic nitrogens is 1. The number of rotatable bonds is 3. The molecule has 0 aliphatic rings. The smallest absolute Gasteiger partial charge is 0.127 e. The molecule has 0 radical (unpaired) electrons. The average Bonchev–Trinajstić information content (AvgIpc) is 2.06. The topological polar surface area (TPSA) is 38.9 Å². The van der Waals surface area contributed by atoms with E-state index in [0.717, 1.165) is 12.0 Å². The van der Waals surface area contributed by atoms with E-state index in [1.807, 2.05) is 6.07 Å². The molecule has 2 N–H and O–H groups in total. The van der Waals surface area contributed by atoms with Crippen LogP contribution < -0.4 is 5.73 Å². The van der Waals surface area contributed by atoms with Crippen molar-refractivity contribution in [3.05, 3.63) is 22.8 Å². The van der Waals surface area contributed by atoms with Gasteiger partial charge in [-0.05, 0) is 17.9 Å². The van der Waals surface area contributed by atoms with E-state index in [0.29, 0.717) is 15.7 Å². The van der Waals surface area contributed by atoms with Crippen molar-refractivity contribution in [1.82, 2.24) is 4.98 Å². The molecule has 0 amide bonds. The lowest BCUT2D eigenvalue weighted by Crippen LogP contribution is -2.22. The third-order valence-corrected chi connectivity index (χ3v) is 2.94. The van der Waals surface area contributed by atoms with Gasteiger partial charge in [0.25, 0.3) is 0 Å². The lowest BCUT2D eigenvalue weighted by Gasteiger charge is -2.27. The molecule has 84 valence electrons. The highest BCUT2D eigenvalue weighted by Gasteiger charge is 2.25. The van der Waals surface area contributed by atoms with Crippen molar-refractivity contribution in [2.45, 2.75) is 37.4 Å². The molecule has 1 unspecified atom stereocenters. The first kappa shape index (κ1) is 12.8. The fraction of sp³-hybridized carbons (Fsp3) is 0.545. The third-order valence-electron chi connectivity index (χ3n) is 2.41. The second-order valence-corrected chi connectivity index (χ2v) is 6.45. The zero-order chi connectivity index (χ0) is 11.6. The first-order valence-electron chi connectivity index (χ1n) is 4.88. The Bertz CT molecular complexity index is 350. The van der Waals surface area contributed by atoms with Crippen molar-refractivity contribution in [3.63, 3.8) is 0 Å². The molecule has 1 aromatic rings. The fourth-order valence-corrected chi connectivity index (χ4v) is 2.77. The van der Waals surface area contributed by atoms with Gasteiger partial charge in [-0.25, -0.2) is 4.98 Å². The second kappa shape index (κ2) is 4.71. The summed E-state index contributed by atoms with van der Waals surface area (Å²) >= 11 is 9.49. The Hall–Kier alpha value is -0.280. The summed E-state index contributed by atoms with van der Waals surface area (Å²) in [6, 6.07) is 1.90. The van der Waals surface area contributed by atoms with Crippen LogP contribution in [0.2, 0.25) is 5.02 Å². The van der Waals surface area contributed by atoms with Gasteiger partial charge in [0.15, 0.2) is 0 Å². The molecule has 0 bridgehead atoms. The monoisotopic (exact) mass is 290 g/mol. The molecule has 1 heterocycles. The van der Waals surface area contributed by atoms with Crippen molar-refractivity contribution >= 4 is 33.3 Å². The zero-order valence-corrected chi connectivity index (χ0v) is 11.6. The fourth-order valence-electron chi connectivity index (χ4n) is 1.81. The van der Waals surface area contributed by atoms with Crippen LogP contribution in [0.25, 0.3) is 0 Å². The normalized spacial score (nSPS) is 13.9. The van der Waals surface area contributed by atoms with E-state index in [1.165, 1.54) is 0 Å². The SMILES string of the molecule is CC(Br)CC(C)(C)c1cc(Cl)cnc1N. The summed E-state index contributed by atoms with van der Waals surface area (Å²) in [6.07, 6.45) is 2.56. The Balaban J connectivity index is 3.08. The summed E-state index contributed by atoms with van der Waals surface area (Å²) < 4.78 is 0. The van der Waals surface area contributed by atoms with Gasteiger partial charge in [0, 0.05) is 16.6 Å². The third kappa shape index (κ3) is 3.35. The Morgan fingerprint density at radius 3 is 2.73 bits per heavy atom. The summed E-state index contributed by atoms with van der Waals surface area (Å²) in [4.78, 5) is 4.52. The van der Waals surface area contributed by atoms with Crippen LogP contribution in [0.4, 0.5) is 5.82 Å². The first-order valence-corrected chi connectivity index (χ1v) is 6.18. The van der Waals surface area contributed by atoms with E-state index in [4.69, 9.17) is 17.3 Å². The maximum Gasteiger partial charge on any atom is 0.127 e. The number of pyridine rings is 1. The molecule has 0 aliphatic carbocycles. The average molecular weight is 292 g/mol. The number of anilines is 1. The molecule has 4 heteroatoms. The molecule has 15 heavy (non-hydrogen) atoms. The molecular weight excluding hydrogens is 275 g/mol. The maximum atomic E-state index is 5.93. The number of hydrogen-bond donors (Lipinski definition) is 1. The molecule has 1 rings (SSSR count). The van der Waals surface area contributed by atoms with Crippen molar-refractivity contribution in [3.8, 4) is 0 Å². The molecule has 0 saturated carbocycles. The standard InChI is InChI=1S/C11H16BrClN2/c1-7(12)5-11(2,3)9-4-8(13)6-15-10(9)14/h4,6-7H,5H2,1-3H3,(H2,14,15). The number of nitrogen functional groups attached to an aromatic ring is 1. The second-order valence-electron chi connectivity index (χ2n) is 4.46. The lowest BCUT2D eigenvalue weighted by atomic mass is 9.81. The molecular formula is C11H16BrClN2. The lowest BCUT2D eigenvalue weighted by molar-refractivity contribution is 0.483. The molecule has 0 fully saturated rings. The van der Waals surface area contributed by atoms with Crippen LogP contribution in [0, 0.1) is 0 Å². The van der Waals surface area contributed by atoms with Crippen LogP contribution in [-0.4, -0.2) is 9.81 Å². The van der Waals surface area contributed by atoms with E-state index in [9.17, 15) is 0 Å². The number of nitrogens with zero attached hydrogens (tertiary/aromatic N) is 1. The Kier molecular flexibility index (Phi) is 4.01. The zero-order valence-electron chi connectivity index (χ0n) is 9.22. The van der Waals surface area contributed by atoms with Gasteiger partial charge in [0.05, 0.1) is 5.02 Å². The van der Waals surface area contributed by atoms with Crippen molar-refractivity contribution < 1.29 is 0 Å². The van der Waals surface area contributed by atoms with Gasteiger partial charge in [-0.2, -0.15) is 0 Å². The number of nitrogens with two attached hydrogens (primary N) is 1. The molecule has 2 nitrogen and oxygen atoms in total. The van der Waals surface area contributed by atoms with Crippen LogP contribution in [0.5, 0.6) is 0 Å². The minimum atomic E-state index is -0.0229. The van der Waals surface area contributed by atoms with Crippen molar-refractivity contribution in [1.29, 1.82) is 0 Å². The summed E-state index contributed by atoms with van der Waals surface area (Å²) in [5, 5.41) is 0.634. The highest BCUT2D eigenvalue weighted by molar-refractivity contribution is 9.09. The molecule has 0 spiro atoms. The molecule has 0 aromatic carbocycles. The summed E-state index contributed by atoms with van der Waals surface area (Å²) in [6.45, 7) is 6.42. The number of halogens is 2. The summed E-state index contributed by atoms with van der Waals surface area (Å²) in [7, 11) is 0. The quantitative estimate of drug-likeness (QED) is 0.861. The summed E-state index contributed by atoms with van der Waals surface area (Å²) in [5.41, 5.74) is 6.86. The molecule has 0 aliphatic heterocycles. The van der Waals surface area contributed by atoms with Gasteiger partial charge in [-0.15, -0.1) is 0 Å². The predicted octanol–water partition coefficient (Wildman–Crippen LogP) is 3.77. The molecule has 1 atom stereocenters. The van der Waals surface area contributed by atoms with Crippen molar-refractivity contribution in [2.75, 3.05) is 5.73 Å². The van der Waals surface area contributed by atoms with Crippen LogP contribution >= 0.6 is 27.5 Å². The number of hydrogen-bond acceptors (Lipinski definition) is 2. The Labute approximate surface area is 104 Å². The van der Waals surface area contributed by atoms with Gasteiger partial charge >= 0.3 is 0 Å². The van der Waals surface area contributed by atoms with Gasteiger partial charge in [0.1, 0.15) is 5.82 Å². The Morgan fingerprint density at radius 2 is 2.20 bits per heavy atom. The van der Waals surface area contributed by atoms with Crippen LogP contribution in [0.3, 0.4) is 0 Å². The van der Waals surface area contributed by atoms with Gasteiger partial charge in [0.2, 0.25) is 0 Å². The highest BCUT2D eigenvalue weighted by Crippen LogP contribution is 2.34.